The fourth-order valence-electron chi connectivity index (χ4n) is 2.61. The number of ether oxygens (including phenoxy) is 1. The Kier molecular flexibility index (Phi) is 7.00. The van der Waals surface area contributed by atoms with E-state index in [4.69, 9.17) is 49.5 Å². The number of benzene rings is 1. The Morgan fingerprint density at radius 1 is 1.27 bits per heavy atom. The van der Waals surface area contributed by atoms with E-state index in [0.29, 0.717) is 6.42 Å². The molecule has 10 heteroatoms. The highest BCUT2D eigenvalue weighted by molar-refractivity contribution is 6.67. The van der Waals surface area contributed by atoms with Crippen LogP contribution in [-0.2, 0) is 16.2 Å². The Morgan fingerprint density at radius 2 is 1.96 bits per heavy atom. The van der Waals surface area contributed by atoms with Crippen LogP contribution in [0, 0.1) is 0 Å². The lowest BCUT2D eigenvalue weighted by Crippen LogP contribution is -2.57. The molecule has 0 saturated heterocycles. The highest BCUT2D eigenvalue weighted by Gasteiger charge is 2.47. The van der Waals surface area contributed by atoms with E-state index in [-0.39, 0.29) is 13.0 Å². The number of nitrogens with one attached hydrogen (secondary N) is 2. The summed E-state index contributed by atoms with van der Waals surface area (Å²) in [5.41, 5.74) is 1.65. The Morgan fingerprint density at radius 3 is 2.58 bits per heavy atom. The van der Waals surface area contributed by atoms with Crippen LogP contribution in [-0.4, -0.2) is 32.7 Å². The molecule has 1 aromatic carbocycles. The first-order valence-electron chi connectivity index (χ1n) is 7.58. The van der Waals surface area contributed by atoms with E-state index in [9.17, 15) is 9.59 Å². The van der Waals surface area contributed by atoms with Crippen molar-refractivity contribution in [3.8, 4) is 0 Å². The highest BCUT2D eigenvalue weighted by Crippen LogP contribution is 2.40. The summed E-state index contributed by atoms with van der Waals surface area (Å²) in [6.45, 7) is 0.0611. The van der Waals surface area contributed by atoms with Gasteiger partial charge in [-0.25, -0.2) is 9.59 Å². The maximum Gasteiger partial charge on any atom is 0.431 e. The zero-order valence-corrected chi connectivity index (χ0v) is 15.7. The molecule has 7 nitrogen and oxygen atoms in total. The van der Waals surface area contributed by atoms with Crippen LogP contribution in [0.4, 0.5) is 9.59 Å². The number of carbonyl (C=O) groups is 2. The second-order valence-corrected chi connectivity index (χ2v) is 8.19. The largest absolute Gasteiger partial charge is 0.465 e. The molecular weight excluding hydrogens is 407 g/mol. The third-order valence-electron chi connectivity index (χ3n) is 3.67. The van der Waals surface area contributed by atoms with Crippen LogP contribution in [0.1, 0.15) is 18.4 Å². The van der Waals surface area contributed by atoms with Gasteiger partial charge in [0.05, 0.1) is 5.54 Å². The molecule has 0 spiro atoms. The molecule has 0 saturated carbocycles. The van der Waals surface area contributed by atoms with Crippen molar-refractivity contribution in [1.82, 2.24) is 10.8 Å². The summed E-state index contributed by atoms with van der Waals surface area (Å²) in [4.78, 5) is 28.3. The number of amides is 2. The fraction of sp³-hybridized carbons (Fsp3) is 0.375. The molecule has 1 aliphatic carbocycles. The molecular formula is C16H17Cl3N2O5. The second kappa shape index (κ2) is 8.81. The molecule has 3 N–H and O–H groups in total. The zero-order chi connectivity index (χ0) is 19.2. The summed E-state index contributed by atoms with van der Waals surface area (Å²) in [6, 6.07) is 9.09. The average Bonchev–Trinajstić information content (AvgIpc) is 2.91. The molecule has 0 bridgehead atoms. The topological polar surface area (TPSA) is 96.9 Å². The number of carboxylic acid groups (broad SMARTS) is 1. The summed E-state index contributed by atoms with van der Waals surface area (Å²) in [7, 11) is 0. The van der Waals surface area contributed by atoms with Gasteiger partial charge in [0.2, 0.25) is 0 Å². The van der Waals surface area contributed by atoms with Crippen LogP contribution in [0.5, 0.6) is 0 Å². The van der Waals surface area contributed by atoms with E-state index in [0.717, 1.165) is 5.56 Å². The zero-order valence-electron chi connectivity index (χ0n) is 13.5. The summed E-state index contributed by atoms with van der Waals surface area (Å²) < 4.78 is 3.30. The predicted octanol–water partition coefficient (Wildman–Crippen LogP) is 3.94. The number of carbonyl (C=O) groups excluding carboxylic acids is 1. The molecule has 2 amide bonds. The van der Waals surface area contributed by atoms with Gasteiger partial charge in [-0.1, -0.05) is 77.3 Å². The summed E-state index contributed by atoms with van der Waals surface area (Å²) in [5, 5.41) is 11.4. The molecule has 2 rings (SSSR count). The van der Waals surface area contributed by atoms with Gasteiger partial charge >= 0.3 is 12.2 Å². The van der Waals surface area contributed by atoms with Crippen LogP contribution in [0.2, 0.25) is 0 Å². The van der Waals surface area contributed by atoms with Crippen LogP contribution in [0.3, 0.4) is 0 Å². The highest BCUT2D eigenvalue weighted by atomic mass is 35.6. The van der Waals surface area contributed by atoms with Crippen molar-refractivity contribution in [3.63, 3.8) is 0 Å². The predicted molar refractivity (Wildman–Crippen MR) is 97.2 cm³/mol. The molecule has 0 radical (unpaired) electrons. The quantitative estimate of drug-likeness (QED) is 0.366. The lowest BCUT2D eigenvalue weighted by Gasteiger charge is -2.35. The maximum absolute atomic E-state index is 11.8. The van der Waals surface area contributed by atoms with Crippen molar-refractivity contribution in [3.05, 3.63) is 48.0 Å². The van der Waals surface area contributed by atoms with Crippen LogP contribution in [0.25, 0.3) is 0 Å². The number of rotatable bonds is 6. The fourth-order valence-corrected chi connectivity index (χ4v) is 3.28. The van der Waals surface area contributed by atoms with E-state index in [1.165, 1.54) is 0 Å². The lowest BCUT2D eigenvalue weighted by atomic mass is 9.92. The normalized spacial score (nSPS) is 22.0. The van der Waals surface area contributed by atoms with Gasteiger partial charge in [-0.05, 0) is 12.0 Å². The number of halogens is 3. The number of hydrogen-bond donors (Lipinski definition) is 3. The Hall–Kier alpha value is -1.67. The minimum absolute atomic E-state index is 0.0611. The molecule has 142 valence electrons. The van der Waals surface area contributed by atoms with E-state index < -0.39 is 27.6 Å². The number of hydroxylamine groups is 1. The van der Waals surface area contributed by atoms with Gasteiger partial charge in [0.25, 0.3) is 0 Å². The molecule has 2 atom stereocenters. The minimum Gasteiger partial charge on any atom is -0.465 e. The molecule has 1 aliphatic rings. The van der Waals surface area contributed by atoms with Crippen LogP contribution in [0.15, 0.2) is 42.5 Å². The molecule has 0 heterocycles. The van der Waals surface area contributed by atoms with Gasteiger partial charge < -0.3 is 15.2 Å². The first kappa shape index (κ1) is 20.6. The van der Waals surface area contributed by atoms with Gasteiger partial charge in [-0.15, -0.1) is 0 Å². The Balaban J connectivity index is 1.93. The van der Waals surface area contributed by atoms with Crippen molar-refractivity contribution in [2.24, 2.45) is 0 Å². The monoisotopic (exact) mass is 422 g/mol. The first-order chi connectivity index (χ1) is 12.2. The molecule has 1 aromatic rings. The Bertz CT molecular complexity index is 666. The lowest BCUT2D eigenvalue weighted by molar-refractivity contribution is -0.0514. The van der Waals surface area contributed by atoms with Crippen molar-refractivity contribution < 1.29 is 24.3 Å². The third kappa shape index (κ3) is 6.25. The van der Waals surface area contributed by atoms with Crippen molar-refractivity contribution in [2.45, 2.75) is 34.9 Å². The molecule has 0 unspecified atom stereocenters. The molecule has 0 fully saturated rings. The Labute approximate surface area is 165 Å². The van der Waals surface area contributed by atoms with Crippen LogP contribution >= 0.6 is 34.8 Å². The molecule has 0 aromatic heterocycles. The van der Waals surface area contributed by atoms with Crippen LogP contribution < -0.4 is 10.8 Å². The van der Waals surface area contributed by atoms with E-state index >= 15 is 0 Å². The van der Waals surface area contributed by atoms with Gasteiger partial charge in [0, 0.05) is 6.42 Å². The maximum atomic E-state index is 11.8. The van der Waals surface area contributed by atoms with E-state index in [2.05, 4.69) is 10.8 Å². The summed E-state index contributed by atoms with van der Waals surface area (Å²) in [6.07, 6.45) is 0.403. The third-order valence-corrected chi connectivity index (χ3v) is 4.07. The number of hydrogen-bond acceptors (Lipinski definition) is 4. The average molecular weight is 424 g/mol. The summed E-state index contributed by atoms with van der Waals surface area (Å²) >= 11 is 17.5. The van der Waals surface area contributed by atoms with Gasteiger partial charge in [0.15, 0.2) is 3.79 Å². The first-order valence-corrected chi connectivity index (χ1v) is 8.71. The van der Waals surface area contributed by atoms with Crippen molar-refractivity contribution >= 4 is 47.0 Å². The molecule has 0 aliphatic heterocycles. The van der Waals surface area contributed by atoms with E-state index in [1.54, 1.807) is 24.3 Å². The van der Waals surface area contributed by atoms with Gasteiger partial charge in [0.1, 0.15) is 12.7 Å². The minimum atomic E-state index is -1.73. The second-order valence-electron chi connectivity index (χ2n) is 5.67. The number of alkyl halides is 3. The standard InChI is InChI=1S/C16H17Cl3N2O5/c17-16(18,19)10-15(20-13(22)23)8-4-7-12(15)26-21-14(24)25-9-11-5-2-1-3-6-11/h1-6,8,12,20H,7,9-10H2,(H,21,24)(H,22,23)/t12-,15-/m0/s1. The van der Waals surface area contributed by atoms with Crippen molar-refractivity contribution in [1.29, 1.82) is 0 Å². The van der Waals surface area contributed by atoms with Gasteiger partial charge in [-0.3, -0.25) is 4.84 Å². The van der Waals surface area contributed by atoms with Gasteiger partial charge in [-0.2, -0.15) is 5.48 Å². The smallest absolute Gasteiger partial charge is 0.431 e. The molecule has 26 heavy (non-hydrogen) atoms. The van der Waals surface area contributed by atoms with E-state index in [1.807, 2.05) is 18.2 Å². The summed E-state index contributed by atoms with van der Waals surface area (Å²) in [5.74, 6) is 0. The van der Waals surface area contributed by atoms with Crippen molar-refractivity contribution in [2.75, 3.05) is 0 Å². The SMILES string of the molecule is O=C(O)N[C@]1(CC(Cl)(Cl)Cl)C=CC[C@@H]1ONC(=O)OCc1ccccc1.